The third kappa shape index (κ3) is 4.54. The van der Waals surface area contributed by atoms with Gasteiger partial charge in [0.05, 0.1) is 21.7 Å². The average Bonchev–Trinajstić information content (AvgIpc) is 3.23. The molecule has 8 nitrogen and oxygen atoms in total. The monoisotopic (exact) mass is 494 g/mol. The molecule has 1 amide bonds. The quantitative estimate of drug-likeness (QED) is 0.499. The lowest BCUT2D eigenvalue weighted by Crippen LogP contribution is -2.37. The number of fused-ring (bicyclic) bond motifs is 1. The van der Waals surface area contributed by atoms with Gasteiger partial charge in [-0.1, -0.05) is 29.9 Å². The Kier molecular flexibility index (Phi) is 6.57. The number of methoxy groups -OCH3 is 1. The summed E-state index contributed by atoms with van der Waals surface area (Å²) < 4.78 is 33.2. The zero-order valence-electron chi connectivity index (χ0n) is 17.6. The minimum absolute atomic E-state index is 0.185. The van der Waals surface area contributed by atoms with Crippen molar-refractivity contribution >= 4 is 54.2 Å². The van der Waals surface area contributed by atoms with Crippen molar-refractivity contribution in [3.8, 4) is 5.75 Å². The highest BCUT2D eigenvalue weighted by atomic mass is 35.5. The molecule has 0 spiro atoms. The highest BCUT2D eigenvalue weighted by Gasteiger charge is 2.28. The van der Waals surface area contributed by atoms with Crippen molar-refractivity contribution in [1.29, 1.82) is 0 Å². The third-order valence-electron chi connectivity index (χ3n) is 5.46. The lowest BCUT2D eigenvalue weighted by atomic mass is 10.0. The number of carbonyl (C=O) groups is 1. The molecule has 0 radical (unpaired) electrons. The van der Waals surface area contributed by atoms with Crippen LogP contribution in [0, 0.1) is 5.92 Å². The van der Waals surface area contributed by atoms with E-state index in [-0.39, 0.29) is 4.90 Å². The Morgan fingerprint density at radius 1 is 1.19 bits per heavy atom. The van der Waals surface area contributed by atoms with Gasteiger partial charge in [0.15, 0.2) is 0 Å². The SMILES string of the molecule is COc1ccc(Cl)c2sc(NNC(=O)c3ccc(S(=O)(=O)N4CCC(C)CC4)cc3)nc12. The number of hydrogen-bond donors (Lipinski definition) is 2. The maximum absolute atomic E-state index is 12.8. The number of sulfonamides is 1. The molecular formula is C21H23ClN4O4S2. The summed E-state index contributed by atoms with van der Waals surface area (Å²) in [6.45, 7) is 3.17. The number of aromatic nitrogens is 1. The second-order valence-corrected chi connectivity index (χ2v) is 11.0. The van der Waals surface area contributed by atoms with E-state index < -0.39 is 15.9 Å². The Balaban J connectivity index is 1.43. The number of halogens is 1. The lowest BCUT2D eigenvalue weighted by Gasteiger charge is -2.29. The summed E-state index contributed by atoms with van der Waals surface area (Å²) in [5.41, 5.74) is 6.27. The van der Waals surface area contributed by atoms with Crippen molar-refractivity contribution in [2.75, 3.05) is 25.6 Å². The molecule has 1 saturated heterocycles. The van der Waals surface area contributed by atoms with Gasteiger partial charge in [0, 0.05) is 18.7 Å². The molecule has 0 saturated carbocycles. The Morgan fingerprint density at radius 3 is 2.53 bits per heavy atom. The number of thiazole rings is 1. The summed E-state index contributed by atoms with van der Waals surface area (Å²) in [7, 11) is -2.01. The summed E-state index contributed by atoms with van der Waals surface area (Å²) in [4.78, 5) is 17.1. The summed E-state index contributed by atoms with van der Waals surface area (Å²) in [5, 5.41) is 0.982. The number of anilines is 1. The number of benzene rings is 2. The Bertz CT molecular complexity index is 1240. The first-order valence-electron chi connectivity index (χ1n) is 10.1. The van der Waals surface area contributed by atoms with Gasteiger partial charge in [-0.3, -0.25) is 15.6 Å². The molecule has 32 heavy (non-hydrogen) atoms. The van der Waals surface area contributed by atoms with Crippen LogP contribution in [0.5, 0.6) is 5.75 Å². The standard InChI is InChI=1S/C21H23ClN4O4S2/c1-13-9-11-26(12-10-13)32(28,29)15-5-3-14(4-6-15)20(27)24-25-21-23-18-17(30-2)8-7-16(22)19(18)31-21/h3-8,13H,9-12H2,1-2H3,(H,23,25)(H,24,27). The number of ether oxygens (including phenoxy) is 1. The van der Waals surface area contributed by atoms with Crippen LogP contribution in [0.25, 0.3) is 10.2 Å². The van der Waals surface area contributed by atoms with Crippen molar-refractivity contribution in [1.82, 2.24) is 14.7 Å². The van der Waals surface area contributed by atoms with Gasteiger partial charge in [-0.15, -0.1) is 0 Å². The largest absolute Gasteiger partial charge is 0.494 e. The summed E-state index contributed by atoms with van der Waals surface area (Å²) in [5.74, 6) is 0.700. The van der Waals surface area contributed by atoms with Gasteiger partial charge in [0.25, 0.3) is 5.91 Å². The summed E-state index contributed by atoms with van der Waals surface area (Å²) >= 11 is 7.50. The Hall–Kier alpha value is -2.40. The van der Waals surface area contributed by atoms with Gasteiger partial charge < -0.3 is 4.74 Å². The second-order valence-electron chi connectivity index (χ2n) is 7.64. The van der Waals surface area contributed by atoms with Crippen molar-refractivity contribution in [2.45, 2.75) is 24.7 Å². The fraction of sp³-hybridized carbons (Fsp3) is 0.333. The molecule has 2 N–H and O–H groups in total. The van der Waals surface area contributed by atoms with Crippen molar-refractivity contribution < 1.29 is 17.9 Å². The smallest absolute Gasteiger partial charge is 0.269 e. The number of nitrogens with zero attached hydrogens (tertiary/aromatic N) is 2. The fourth-order valence-corrected chi connectivity index (χ4v) is 6.08. The third-order valence-corrected chi connectivity index (χ3v) is 8.80. The maximum atomic E-state index is 12.8. The number of hydrazine groups is 1. The van der Waals surface area contributed by atoms with Crippen LogP contribution >= 0.6 is 22.9 Å². The van der Waals surface area contributed by atoms with E-state index in [1.54, 1.807) is 19.2 Å². The molecule has 0 atom stereocenters. The van der Waals surface area contributed by atoms with Crippen molar-refractivity contribution in [3.05, 3.63) is 47.0 Å². The van der Waals surface area contributed by atoms with E-state index in [1.807, 2.05) is 0 Å². The van der Waals surface area contributed by atoms with E-state index >= 15 is 0 Å². The van der Waals surface area contributed by atoms with Gasteiger partial charge in [-0.05, 0) is 55.2 Å². The molecule has 1 aromatic heterocycles. The molecular weight excluding hydrogens is 472 g/mol. The first-order valence-corrected chi connectivity index (χ1v) is 12.7. The summed E-state index contributed by atoms with van der Waals surface area (Å²) in [6, 6.07) is 9.37. The van der Waals surface area contributed by atoms with Crippen LogP contribution in [-0.4, -0.2) is 43.8 Å². The van der Waals surface area contributed by atoms with Gasteiger partial charge in [0.1, 0.15) is 11.3 Å². The molecule has 0 aliphatic carbocycles. The van der Waals surface area contributed by atoms with Crippen LogP contribution < -0.4 is 15.6 Å². The molecule has 0 unspecified atom stereocenters. The fourth-order valence-electron chi connectivity index (χ4n) is 3.51. The molecule has 4 rings (SSSR count). The molecule has 170 valence electrons. The molecule has 1 aliphatic heterocycles. The number of rotatable bonds is 6. The van der Waals surface area contributed by atoms with Gasteiger partial charge in [-0.25, -0.2) is 13.4 Å². The first kappa shape index (κ1) is 22.8. The highest BCUT2D eigenvalue weighted by molar-refractivity contribution is 7.89. The minimum atomic E-state index is -3.56. The molecule has 2 heterocycles. The normalized spacial score (nSPS) is 15.6. The number of carbonyl (C=O) groups excluding carboxylic acids is 1. The highest BCUT2D eigenvalue weighted by Crippen LogP contribution is 2.37. The number of piperidine rings is 1. The van der Waals surface area contributed by atoms with E-state index in [2.05, 4.69) is 22.8 Å². The van der Waals surface area contributed by atoms with Gasteiger partial charge in [-0.2, -0.15) is 4.31 Å². The topological polar surface area (TPSA) is 101 Å². The van der Waals surface area contributed by atoms with E-state index in [4.69, 9.17) is 16.3 Å². The van der Waals surface area contributed by atoms with E-state index in [0.717, 1.165) is 17.5 Å². The number of nitrogens with one attached hydrogen (secondary N) is 2. The predicted octanol–water partition coefficient (Wildman–Crippen LogP) is 4.14. The van der Waals surface area contributed by atoms with Crippen LogP contribution in [0.1, 0.15) is 30.1 Å². The predicted molar refractivity (Wildman–Crippen MR) is 126 cm³/mol. The molecule has 11 heteroatoms. The second kappa shape index (κ2) is 9.22. The molecule has 1 fully saturated rings. The van der Waals surface area contributed by atoms with Crippen LogP contribution in [0.2, 0.25) is 5.02 Å². The van der Waals surface area contributed by atoms with Crippen molar-refractivity contribution in [3.63, 3.8) is 0 Å². The van der Waals surface area contributed by atoms with Crippen LogP contribution in [0.15, 0.2) is 41.3 Å². The van der Waals surface area contributed by atoms with Crippen molar-refractivity contribution in [2.24, 2.45) is 5.92 Å². The van der Waals surface area contributed by atoms with Gasteiger partial charge in [0.2, 0.25) is 15.2 Å². The average molecular weight is 495 g/mol. The summed E-state index contributed by atoms with van der Waals surface area (Å²) in [6.07, 6.45) is 1.71. The maximum Gasteiger partial charge on any atom is 0.269 e. The first-order chi connectivity index (χ1) is 15.3. The Labute approximate surface area is 195 Å². The van der Waals surface area contributed by atoms with E-state index in [0.29, 0.717) is 46.0 Å². The van der Waals surface area contributed by atoms with Crippen LogP contribution in [0.3, 0.4) is 0 Å². The number of hydrogen-bond acceptors (Lipinski definition) is 7. The van der Waals surface area contributed by atoms with Gasteiger partial charge >= 0.3 is 0 Å². The molecule has 2 aromatic carbocycles. The molecule has 3 aromatic rings. The van der Waals surface area contributed by atoms with E-state index in [1.165, 1.54) is 39.9 Å². The molecule has 1 aliphatic rings. The van der Waals surface area contributed by atoms with E-state index in [9.17, 15) is 13.2 Å². The van der Waals surface area contributed by atoms with Crippen LogP contribution in [0.4, 0.5) is 5.13 Å². The number of amides is 1. The Morgan fingerprint density at radius 2 is 1.88 bits per heavy atom. The lowest BCUT2D eigenvalue weighted by molar-refractivity contribution is 0.0962. The van der Waals surface area contributed by atoms with Crippen LogP contribution in [-0.2, 0) is 10.0 Å². The zero-order chi connectivity index (χ0) is 22.9. The molecule has 0 bridgehead atoms. The minimum Gasteiger partial charge on any atom is -0.494 e. The zero-order valence-corrected chi connectivity index (χ0v) is 20.0.